The molecule has 18 heavy (non-hydrogen) atoms. The molecule has 0 aliphatic rings. The van der Waals surface area contributed by atoms with Crippen LogP contribution in [0.15, 0.2) is 24.5 Å². The van der Waals surface area contributed by atoms with Crippen molar-refractivity contribution < 1.29 is 4.79 Å². The summed E-state index contributed by atoms with van der Waals surface area (Å²) in [5, 5.41) is 2.91. The van der Waals surface area contributed by atoms with Gasteiger partial charge in [0.2, 0.25) is 0 Å². The molecular weight excluding hydrogens is 228 g/mol. The Morgan fingerprint density at radius 3 is 3.11 bits per heavy atom. The second-order valence-electron chi connectivity index (χ2n) is 4.29. The molecule has 0 aliphatic carbocycles. The van der Waals surface area contributed by atoms with E-state index >= 15 is 0 Å². The zero-order chi connectivity index (χ0) is 13.0. The van der Waals surface area contributed by atoms with Crippen LogP contribution in [0.1, 0.15) is 17.3 Å². The van der Waals surface area contributed by atoms with E-state index in [1.807, 2.05) is 19.2 Å². The van der Waals surface area contributed by atoms with Crippen molar-refractivity contribution in [3.63, 3.8) is 0 Å². The maximum atomic E-state index is 11.9. The Balaban J connectivity index is 1.95. The Labute approximate surface area is 106 Å². The van der Waals surface area contributed by atoms with Crippen molar-refractivity contribution in [2.45, 2.75) is 6.92 Å². The van der Waals surface area contributed by atoms with Crippen LogP contribution in [0.4, 0.5) is 0 Å². The average Bonchev–Trinajstić information content (AvgIpc) is 2.85. The number of likely N-dealkylation sites (N-methyl/N-ethyl adjacent to an activating group) is 1. The first-order valence-electron chi connectivity index (χ1n) is 6.10. The molecule has 0 saturated carbocycles. The van der Waals surface area contributed by atoms with Gasteiger partial charge in [-0.1, -0.05) is 6.92 Å². The minimum absolute atomic E-state index is 0.0454. The van der Waals surface area contributed by atoms with Crippen molar-refractivity contribution in [2.24, 2.45) is 0 Å². The van der Waals surface area contributed by atoms with Crippen molar-refractivity contribution in [3.05, 3.63) is 30.1 Å². The molecule has 0 saturated heterocycles. The molecule has 2 N–H and O–H groups in total. The van der Waals surface area contributed by atoms with Crippen LogP contribution in [0.2, 0.25) is 0 Å². The number of amides is 1. The number of nitrogens with zero attached hydrogens (tertiary/aromatic N) is 2. The van der Waals surface area contributed by atoms with E-state index in [1.54, 1.807) is 12.4 Å². The lowest BCUT2D eigenvalue weighted by molar-refractivity contribution is 0.0950. The smallest absolute Gasteiger partial charge is 0.251 e. The maximum absolute atomic E-state index is 11.9. The Morgan fingerprint density at radius 2 is 2.33 bits per heavy atom. The van der Waals surface area contributed by atoms with Crippen molar-refractivity contribution in [2.75, 3.05) is 26.7 Å². The lowest BCUT2D eigenvalue weighted by atomic mass is 10.2. The number of carbonyl (C=O) groups excluding carboxylic acids is 1. The molecule has 96 valence electrons. The number of fused-ring (bicyclic) bond motifs is 1. The highest BCUT2D eigenvalue weighted by atomic mass is 16.1. The topological polar surface area (TPSA) is 61.0 Å². The molecule has 0 aliphatic heterocycles. The molecule has 0 bridgehead atoms. The lowest BCUT2D eigenvalue weighted by Gasteiger charge is -2.13. The van der Waals surface area contributed by atoms with Gasteiger partial charge in [0.25, 0.3) is 5.91 Å². The predicted molar refractivity (Wildman–Crippen MR) is 71.6 cm³/mol. The lowest BCUT2D eigenvalue weighted by Crippen LogP contribution is -2.32. The van der Waals surface area contributed by atoms with E-state index in [1.165, 1.54) is 0 Å². The minimum Gasteiger partial charge on any atom is -0.351 e. The van der Waals surface area contributed by atoms with Crippen molar-refractivity contribution >= 4 is 16.9 Å². The monoisotopic (exact) mass is 246 g/mol. The molecule has 1 aromatic carbocycles. The number of imidazole rings is 1. The highest BCUT2D eigenvalue weighted by molar-refractivity contribution is 5.97. The van der Waals surface area contributed by atoms with Gasteiger partial charge in [-0.05, 0) is 31.8 Å². The number of aromatic nitrogens is 2. The average molecular weight is 246 g/mol. The first-order chi connectivity index (χ1) is 8.70. The summed E-state index contributed by atoms with van der Waals surface area (Å²) in [6.07, 6.45) is 1.63. The third-order valence-electron chi connectivity index (χ3n) is 3.00. The molecule has 1 amide bonds. The fraction of sp³-hybridized carbons (Fsp3) is 0.385. The summed E-state index contributed by atoms with van der Waals surface area (Å²) in [5.41, 5.74) is 2.41. The molecule has 0 unspecified atom stereocenters. The number of hydrogen-bond donors (Lipinski definition) is 2. The molecule has 5 nitrogen and oxygen atoms in total. The fourth-order valence-corrected chi connectivity index (χ4v) is 1.70. The van der Waals surface area contributed by atoms with Crippen LogP contribution < -0.4 is 5.32 Å². The van der Waals surface area contributed by atoms with E-state index in [0.29, 0.717) is 12.1 Å². The van der Waals surface area contributed by atoms with Crippen LogP contribution in [0, 0.1) is 0 Å². The second kappa shape index (κ2) is 5.64. The van der Waals surface area contributed by atoms with E-state index in [4.69, 9.17) is 0 Å². The molecule has 1 aromatic heterocycles. The highest BCUT2D eigenvalue weighted by Crippen LogP contribution is 2.11. The Hall–Kier alpha value is -1.88. The fourth-order valence-electron chi connectivity index (χ4n) is 1.70. The van der Waals surface area contributed by atoms with Crippen LogP contribution in [0.25, 0.3) is 11.0 Å². The van der Waals surface area contributed by atoms with E-state index in [-0.39, 0.29) is 5.91 Å². The molecule has 2 aromatic rings. The third kappa shape index (κ3) is 2.87. The number of hydrogen-bond acceptors (Lipinski definition) is 3. The van der Waals surface area contributed by atoms with Crippen LogP contribution in [-0.2, 0) is 0 Å². The zero-order valence-corrected chi connectivity index (χ0v) is 10.7. The Kier molecular flexibility index (Phi) is 3.94. The third-order valence-corrected chi connectivity index (χ3v) is 3.00. The Bertz CT molecular complexity index is 535. The van der Waals surface area contributed by atoms with Crippen molar-refractivity contribution in [3.8, 4) is 0 Å². The molecule has 0 fully saturated rings. The highest BCUT2D eigenvalue weighted by Gasteiger charge is 2.06. The number of nitrogens with one attached hydrogen (secondary N) is 2. The summed E-state index contributed by atoms with van der Waals surface area (Å²) in [6.45, 7) is 4.59. The summed E-state index contributed by atoms with van der Waals surface area (Å²) < 4.78 is 0. The number of benzene rings is 1. The minimum atomic E-state index is -0.0454. The van der Waals surface area contributed by atoms with Gasteiger partial charge in [0, 0.05) is 18.7 Å². The number of rotatable bonds is 5. The van der Waals surface area contributed by atoms with Crippen LogP contribution in [-0.4, -0.2) is 47.5 Å². The summed E-state index contributed by atoms with van der Waals surface area (Å²) >= 11 is 0. The number of aromatic amines is 1. The van der Waals surface area contributed by atoms with Gasteiger partial charge in [0.15, 0.2) is 0 Å². The van der Waals surface area contributed by atoms with Crippen LogP contribution >= 0.6 is 0 Å². The van der Waals surface area contributed by atoms with Crippen LogP contribution in [0.3, 0.4) is 0 Å². The largest absolute Gasteiger partial charge is 0.351 e. The summed E-state index contributed by atoms with van der Waals surface area (Å²) in [7, 11) is 2.03. The van der Waals surface area contributed by atoms with E-state index in [2.05, 4.69) is 27.1 Å². The first kappa shape index (κ1) is 12.6. The van der Waals surface area contributed by atoms with Gasteiger partial charge in [0.1, 0.15) is 0 Å². The van der Waals surface area contributed by atoms with Gasteiger partial charge in [0.05, 0.1) is 17.4 Å². The molecule has 0 radical (unpaired) electrons. The van der Waals surface area contributed by atoms with Gasteiger partial charge in [-0.3, -0.25) is 4.79 Å². The quantitative estimate of drug-likeness (QED) is 0.834. The second-order valence-corrected chi connectivity index (χ2v) is 4.29. The molecular formula is C13H18N4O. The Morgan fingerprint density at radius 1 is 1.50 bits per heavy atom. The first-order valence-corrected chi connectivity index (χ1v) is 6.10. The molecule has 0 spiro atoms. The number of H-pyrrole nitrogens is 1. The molecule has 0 atom stereocenters. The van der Waals surface area contributed by atoms with E-state index < -0.39 is 0 Å². The molecule has 2 rings (SSSR count). The number of carbonyl (C=O) groups is 1. The summed E-state index contributed by atoms with van der Waals surface area (Å²) in [5.74, 6) is -0.0454. The summed E-state index contributed by atoms with van der Waals surface area (Å²) in [4.78, 5) is 21.2. The van der Waals surface area contributed by atoms with Gasteiger partial charge in [-0.15, -0.1) is 0 Å². The van der Waals surface area contributed by atoms with Crippen molar-refractivity contribution in [1.29, 1.82) is 0 Å². The predicted octanol–water partition coefficient (Wildman–Crippen LogP) is 1.24. The molecule has 1 heterocycles. The van der Waals surface area contributed by atoms with Gasteiger partial charge < -0.3 is 15.2 Å². The SMILES string of the molecule is CCN(C)CCNC(=O)c1ccc2nc[nH]c2c1. The standard InChI is InChI=1S/C13H18N4O/c1-3-17(2)7-6-14-13(18)10-4-5-11-12(8-10)16-9-15-11/h4-5,8-9H,3,6-7H2,1-2H3,(H,14,18)(H,15,16). The molecule has 5 heteroatoms. The van der Waals surface area contributed by atoms with Gasteiger partial charge >= 0.3 is 0 Å². The van der Waals surface area contributed by atoms with Crippen molar-refractivity contribution in [1.82, 2.24) is 20.2 Å². The zero-order valence-electron chi connectivity index (χ0n) is 10.7. The van der Waals surface area contributed by atoms with Gasteiger partial charge in [-0.2, -0.15) is 0 Å². The maximum Gasteiger partial charge on any atom is 0.251 e. The van der Waals surface area contributed by atoms with E-state index in [9.17, 15) is 4.79 Å². The van der Waals surface area contributed by atoms with Gasteiger partial charge in [-0.25, -0.2) is 4.98 Å². The normalized spacial score (nSPS) is 11.1. The van der Waals surface area contributed by atoms with E-state index in [0.717, 1.165) is 24.1 Å². The van der Waals surface area contributed by atoms with Crippen LogP contribution in [0.5, 0.6) is 0 Å². The summed E-state index contributed by atoms with van der Waals surface area (Å²) in [6, 6.07) is 5.46.